The third-order valence-corrected chi connectivity index (χ3v) is 6.82. The lowest BCUT2D eigenvalue weighted by molar-refractivity contribution is -0.0568. The normalized spacial score (nSPS) is 24.2. The monoisotopic (exact) mass is 441 g/mol. The SMILES string of the molecule is [2H]c1c(C)c([N+]#[C-])c(C)c2c1[C@](CC(C)CN(C([2H])([2H])[2H])C([2H])(C)C)(c1ccc(F)c(C)c1C)OC2C. The van der Waals surface area contributed by atoms with E-state index in [0.29, 0.717) is 34.4 Å². The summed E-state index contributed by atoms with van der Waals surface area (Å²) < 4.78 is 62.9. The molecule has 4 heteroatoms. The van der Waals surface area contributed by atoms with Gasteiger partial charge < -0.3 is 9.64 Å². The van der Waals surface area contributed by atoms with Gasteiger partial charge in [0.25, 0.3) is 0 Å². The van der Waals surface area contributed by atoms with Crippen LogP contribution in [0.25, 0.3) is 4.85 Å². The van der Waals surface area contributed by atoms with Crippen molar-refractivity contribution in [1.82, 2.24) is 4.90 Å². The van der Waals surface area contributed by atoms with Crippen LogP contribution in [0.3, 0.4) is 0 Å². The van der Waals surface area contributed by atoms with Crippen LogP contribution < -0.4 is 0 Å². The Hall–Kier alpha value is -2.22. The molecule has 1 aliphatic heterocycles. The predicted octanol–water partition coefficient (Wildman–Crippen LogP) is 7.31. The van der Waals surface area contributed by atoms with Crippen LogP contribution in [0.5, 0.6) is 0 Å². The van der Waals surface area contributed by atoms with E-state index in [9.17, 15) is 4.39 Å². The van der Waals surface area contributed by atoms with Crippen molar-refractivity contribution in [1.29, 1.82) is 0 Å². The van der Waals surface area contributed by atoms with Gasteiger partial charge in [-0.2, -0.15) is 0 Å². The maximum Gasteiger partial charge on any atom is 0.193 e. The van der Waals surface area contributed by atoms with Crippen molar-refractivity contribution in [2.24, 2.45) is 5.92 Å². The molecule has 32 heavy (non-hydrogen) atoms. The number of hydrogen-bond donors (Lipinski definition) is 0. The highest BCUT2D eigenvalue weighted by molar-refractivity contribution is 5.66. The van der Waals surface area contributed by atoms with Gasteiger partial charge in [0.2, 0.25) is 0 Å². The van der Waals surface area contributed by atoms with Crippen molar-refractivity contribution in [3.63, 3.8) is 0 Å². The number of halogens is 1. The molecule has 0 radical (unpaired) electrons. The maximum atomic E-state index is 14.5. The molecule has 3 nitrogen and oxygen atoms in total. The first-order chi connectivity index (χ1) is 16.9. The molecule has 1 aliphatic rings. The number of fused-ring (bicyclic) bond motifs is 1. The molecular weight excluding hydrogens is 399 g/mol. The summed E-state index contributed by atoms with van der Waals surface area (Å²) in [6, 6.07) is 2.00. The Bertz CT molecular complexity index is 1250. The Labute approximate surface area is 200 Å². The van der Waals surface area contributed by atoms with Crippen LogP contribution in [0, 0.1) is 46.0 Å². The summed E-state index contributed by atoms with van der Waals surface area (Å²) >= 11 is 0. The van der Waals surface area contributed by atoms with Gasteiger partial charge in [0.05, 0.1) is 14.0 Å². The summed E-state index contributed by atoms with van der Waals surface area (Å²) in [6.45, 7) is 19.4. The topological polar surface area (TPSA) is 16.8 Å². The van der Waals surface area contributed by atoms with E-state index in [1.165, 1.54) is 11.0 Å². The third kappa shape index (κ3) is 3.98. The maximum absolute atomic E-state index is 14.5. The molecule has 1 heterocycles. The molecule has 0 aliphatic carbocycles. The van der Waals surface area contributed by atoms with Gasteiger partial charge in [-0.05, 0) is 113 Å². The highest BCUT2D eigenvalue weighted by Crippen LogP contribution is 2.54. The van der Waals surface area contributed by atoms with Crippen molar-refractivity contribution in [3.05, 3.63) is 74.4 Å². The highest BCUT2D eigenvalue weighted by atomic mass is 19.1. The quantitative estimate of drug-likeness (QED) is 0.437. The Kier molecular flexibility index (Phi) is 5.11. The Balaban J connectivity index is 2.30. The smallest absolute Gasteiger partial charge is 0.193 e. The summed E-state index contributed by atoms with van der Waals surface area (Å²) in [5, 5.41) is 0. The van der Waals surface area contributed by atoms with Crippen LogP contribution in [0.2, 0.25) is 0 Å². The molecule has 2 unspecified atom stereocenters. The summed E-state index contributed by atoms with van der Waals surface area (Å²) in [5.74, 6) is -0.601. The van der Waals surface area contributed by atoms with Gasteiger partial charge in [-0.1, -0.05) is 19.0 Å². The van der Waals surface area contributed by atoms with Gasteiger partial charge >= 0.3 is 0 Å². The van der Waals surface area contributed by atoms with Crippen LogP contribution in [0.15, 0.2) is 18.2 Å². The van der Waals surface area contributed by atoms with E-state index in [-0.39, 0.29) is 24.3 Å². The molecule has 2 aromatic carbocycles. The highest BCUT2D eigenvalue weighted by Gasteiger charge is 2.48. The molecular formula is C28H37FN2O. The molecule has 0 bridgehead atoms. The summed E-state index contributed by atoms with van der Waals surface area (Å²) in [7, 11) is 0. The minimum Gasteiger partial charge on any atom is -0.358 e. The summed E-state index contributed by atoms with van der Waals surface area (Å²) in [4.78, 5) is 4.89. The number of ether oxygens (including phenoxy) is 1. The molecule has 3 atom stereocenters. The molecule has 0 spiro atoms. The van der Waals surface area contributed by atoms with Crippen LogP contribution in [0.4, 0.5) is 10.1 Å². The summed E-state index contributed by atoms with van der Waals surface area (Å²) in [5.41, 5.74) is 4.03. The Morgan fingerprint density at radius 2 is 1.91 bits per heavy atom. The fourth-order valence-corrected chi connectivity index (χ4v) is 5.06. The molecule has 0 saturated heterocycles. The van der Waals surface area contributed by atoms with Gasteiger partial charge in [0.15, 0.2) is 5.69 Å². The van der Waals surface area contributed by atoms with E-state index in [4.69, 9.17) is 18.2 Å². The first-order valence-corrected chi connectivity index (χ1v) is 11.1. The van der Waals surface area contributed by atoms with Gasteiger partial charge in [-0.3, -0.25) is 0 Å². The van der Waals surface area contributed by atoms with Crippen molar-refractivity contribution in [2.45, 2.75) is 79.5 Å². The fourth-order valence-electron chi connectivity index (χ4n) is 5.06. The molecule has 172 valence electrons. The fraction of sp³-hybridized carbons (Fsp3) is 0.536. The Morgan fingerprint density at radius 3 is 2.50 bits per heavy atom. The van der Waals surface area contributed by atoms with Crippen molar-refractivity contribution < 1.29 is 16.0 Å². The number of rotatable bonds is 6. The van der Waals surface area contributed by atoms with Crippen molar-refractivity contribution in [2.75, 3.05) is 13.5 Å². The standard InChI is InChI=1S/C28H37FN2O/c1-16(2)31(10)15-17(3)14-28(23-11-12-25(29)20(6)19(23)5)24-13-18(4)27(30-9)21(7)26(24)22(8)32-28/h11-13,16-17,22H,14-15H2,1-8,10H3/t17?,22?,28-/m0/s1/i10D3,13D,16D. The van der Waals surface area contributed by atoms with E-state index in [1.807, 2.05) is 27.7 Å². The number of hydrogen-bond acceptors (Lipinski definition) is 2. The lowest BCUT2D eigenvalue weighted by Crippen LogP contribution is -2.36. The first kappa shape index (κ1) is 18.2. The predicted molar refractivity (Wildman–Crippen MR) is 130 cm³/mol. The second-order valence-electron chi connectivity index (χ2n) is 9.42. The van der Waals surface area contributed by atoms with Crippen molar-refractivity contribution >= 4 is 5.69 Å². The van der Waals surface area contributed by atoms with Gasteiger partial charge in [0, 0.05) is 18.0 Å². The molecule has 0 N–H and O–H groups in total. The van der Waals surface area contributed by atoms with E-state index < -0.39 is 24.7 Å². The zero-order chi connectivity index (χ0) is 28.2. The number of benzene rings is 2. The van der Waals surface area contributed by atoms with E-state index in [1.54, 1.807) is 33.8 Å². The molecule has 0 fully saturated rings. The second kappa shape index (κ2) is 8.96. The minimum atomic E-state index is -2.46. The average molecular weight is 442 g/mol. The van der Waals surface area contributed by atoms with Crippen LogP contribution in [-0.4, -0.2) is 24.4 Å². The van der Waals surface area contributed by atoms with Gasteiger partial charge in [-0.15, -0.1) is 0 Å². The van der Waals surface area contributed by atoms with E-state index in [0.717, 1.165) is 16.7 Å². The van der Waals surface area contributed by atoms with Crippen LogP contribution in [-0.2, 0) is 10.3 Å². The second-order valence-corrected chi connectivity index (χ2v) is 9.42. The molecule has 0 saturated carbocycles. The van der Waals surface area contributed by atoms with Crippen molar-refractivity contribution in [3.8, 4) is 0 Å². The van der Waals surface area contributed by atoms with E-state index >= 15 is 0 Å². The molecule has 0 amide bonds. The molecule has 0 aromatic heterocycles. The average Bonchev–Trinajstić information content (AvgIpc) is 3.05. The third-order valence-electron chi connectivity index (χ3n) is 6.82. The van der Waals surface area contributed by atoms with Crippen LogP contribution in [0.1, 0.15) is 86.0 Å². The van der Waals surface area contributed by atoms with Gasteiger partial charge in [-0.25, -0.2) is 9.24 Å². The zero-order valence-electron chi connectivity index (χ0n) is 25.4. The Morgan fingerprint density at radius 1 is 1.22 bits per heavy atom. The lowest BCUT2D eigenvalue weighted by atomic mass is 9.75. The largest absolute Gasteiger partial charge is 0.358 e. The molecule has 2 aromatic rings. The zero-order valence-corrected chi connectivity index (χ0v) is 20.4. The number of nitrogens with zero attached hydrogens (tertiary/aromatic N) is 2. The van der Waals surface area contributed by atoms with E-state index in [2.05, 4.69) is 4.85 Å². The summed E-state index contributed by atoms with van der Waals surface area (Å²) in [6.07, 6.45) is -0.107. The lowest BCUT2D eigenvalue weighted by Gasteiger charge is -2.37. The van der Waals surface area contributed by atoms with Crippen LogP contribution >= 0.6 is 0 Å². The molecule has 3 rings (SSSR count). The van der Waals surface area contributed by atoms with Gasteiger partial charge in [0.1, 0.15) is 11.4 Å². The minimum absolute atomic E-state index is 0.104. The first-order valence-electron chi connectivity index (χ1n) is 13.6.